The number of hydrogen-bond acceptors (Lipinski definition) is 8. The summed E-state index contributed by atoms with van der Waals surface area (Å²) in [5, 5.41) is 0. The number of hydrogen-bond donors (Lipinski definition) is 0. The summed E-state index contributed by atoms with van der Waals surface area (Å²) in [7, 11) is 2.76. The third kappa shape index (κ3) is 5.05. The van der Waals surface area contributed by atoms with Gasteiger partial charge in [-0.15, -0.1) is 0 Å². The Morgan fingerprint density at radius 2 is 1.91 bits per heavy atom. The van der Waals surface area contributed by atoms with E-state index >= 15 is 0 Å². The van der Waals surface area contributed by atoms with Crippen molar-refractivity contribution in [1.29, 1.82) is 0 Å². The molecule has 3 atom stereocenters. The number of carbonyl (C=O) groups excluding carboxylic acids is 1. The number of ether oxygens (including phenoxy) is 4. The van der Waals surface area contributed by atoms with Crippen molar-refractivity contribution in [2.75, 3.05) is 14.2 Å². The Bertz CT molecular complexity index is 1920. The molecule has 43 heavy (non-hydrogen) atoms. The van der Waals surface area contributed by atoms with Crippen LogP contribution in [0.4, 0.5) is 13.2 Å². The van der Waals surface area contributed by atoms with Gasteiger partial charge in [-0.1, -0.05) is 41.7 Å². The Balaban J connectivity index is 1.40. The molecule has 0 fully saturated rings. The number of rotatable bonds is 6. The smallest absolute Gasteiger partial charge is 0.416 e. The van der Waals surface area contributed by atoms with Gasteiger partial charge in [-0.25, -0.2) is 4.99 Å². The van der Waals surface area contributed by atoms with Gasteiger partial charge < -0.3 is 18.9 Å². The van der Waals surface area contributed by atoms with Crippen LogP contribution in [0, 0.1) is 5.92 Å². The molecule has 0 spiro atoms. The number of aromatic nitrogens is 1. The summed E-state index contributed by atoms with van der Waals surface area (Å²) in [5.74, 6) is -0.368. The van der Waals surface area contributed by atoms with Gasteiger partial charge in [0.25, 0.3) is 5.56 Å². The van der Waals surface area contributed by atoms with Crippen LogP contribution in [0.3, 0.4) is 0 Å². The molecule has 2 aliphatic heterocycles. The van der Waals surface area contributed by atoms with E-state index in [1.807, 2.05) is 18.2 Å². The van der Waals surface area contributed by atoms with Crippen molar-refractivity contribution >= 4 is 23.4 Å². The van der Waals surface area contributed by atoms with Crippen molar-refractivity contribution < 1.29 is 36.9 Å². The molecule has 0 saturated heterocycles. The first kappa shape index (κ1) is 28.5. The molecule has 6 rings (SSSR count). The predicted octanol–water partition coefficient (Wildman–Crippen LogP) is 4.47. The zero-order valence-corrected chi connectivity index (χ0v) is 24.0. The first-order chi connectivity index (χ1) is 20.5. The molecule has 2 aliphatic rings. The summed E-state index contributed by atoms with van der Waals surface area (Å²) in [6.45, 7) is 1.63. The molecule has 0 amide bonds. The maximum Gasteiger partial charge on any atom is 0.416 e. The molecular weight excluding hydrogens is 585 g/mol. The standard InChI is InChI=1S/C31H25F3N2O6S/c1-30-25(28(38)40-3)26(21-9-4-5-10-23(21)42-30)36-27(37)24(43-29(36)35-30)14-17-11-12-22(39-2)18(13-17)16-41-20-8-6-7-19(15-20)31(32,33)34/h4-15,25-26H,16H2,1-3H3/b24-14+/t25-,26-,30-/m1/s1. The normalized spacial score (nSPS) is 20.7. The Labute approximate surface area is 247 Å². The molecule has 0 saturated carbocycles. The average Bonchev–Trinajstić information content (AvgIpc) is 3.27. The lowest BCUT2D eigenvalue weighted by atomic mass is 9.81. The molecule has 8 nitrogen and oxygen atoms in total. The van der Waals surface area contributed by atoms with Crippen LogP contribution in [0.5, 0.6) is 17.2 Å². The predicted molar refractivity (Wildman–Crippen MR) is 151 cm³/mol. The average molecular weight is 611 g/mol. The molecule has 0 radical (unpaired) electrons. The van der Waals surface area contributed by atoms with E-state index in [0.717, 1.165) is 12.1 Å². The lowest BCUT2D eigenvalue weighted by molar-refractivity contribution is -0.158. The monoisotopic (exact) mass is 610 g/mol. The topological polar surface area (TPSA) is 88.4 Å². The van der Waals surface area contributed by atoms with E-state index in [-0.39, 0.29) is 17.9 Å². The van der Waals surface area contributed by atoms with Crippen molar-refractivity contribution in [3.8, 4) is 17.2 Å². The molecule has 222 valence electrons. The SMILES string of the molecule is COC(=O)[C@H]1[C@H]2c3ccccc3O[C@@]1(C)N=c1s/c(=C/c3ccc(OC)c(COc4cccc(C(F)(F)F)c4)c3)c(=O)n12. The third-order valence-electron chi connectivity index (χ3n) is 7.49. The van der Waals surface area contributed by atoms with Crippen molar-refractivity contribution in [3.63, 3.8) is 0 Å². The van der Waals surface area contributed by atoms with E-state index in [1.165, 1.54) is 42.3 Å². The van der Waals surface area contributed by atoms with Crippen LogP contribution in [0.1, 0.15) is 35.2 Å². The summed E-state index contributed by atoms with van der Waals surface area (Å²) >= 11 is 1.17. The molecule has 1 aromatic heterocycles. The minimum Gasteiger partial charge on any atom is -0.496 e. The number of para-hydroxylation sites is 1. The van der Waals surface area contributed by atoms with Crippen LogP contribution in [-0.2, 0) is 22.3 Å². The molecule has 4 aromatic rings. The number of benzene rings is 3. The Kier molecular flexibility index (Phi) is 7.04. The fraction of sp³-hybridized carbons (Fsp3) is 0.258. The van der Waals surface area contributed by atoms with Gasteiger partial charge in [0.2, 0.25) is 5.72 Å². The van der Waals surface area contributed by atoms with Crippen LogP contribution in [0.25, 0.3) is 6.08 Å². The van der Waals surface area contributed by atoms with Crippen LogP contribution >= 0.6 is 11.3 Å². The minimum atomic E-state index is -4.49. The Morgan fingerprint density at radius 1 is 1.12 bits per heavy atom. The van der Waals surface area contributed by atoms with Crippen LogP contribution in [0.15, 0.2) is 76.5 Å². The van der Waals surface area contributed by atoms with E-state index in [4.69, 9.17) is 23.9 Å². The Morgan fingerprint density at radius 3 is 2.65 bits per heavy atom. The van der Waals surface area contributed by atoms with Gasteiger partial charge in [0.1, 0.15) is 29.8 Å². The van der Waals surface area contributed by atoms with Crippen molar-refractivity contribution in [1.82, 2.24) is 4.57 Å². The summed E-state index contributed by atoms with van der Waals surface area (Å²) in [6.07, 6.45) is -2.81. The van der Waals surface area contributed by atoms with E-state index < -0.39 is 35.4 Å². The summed E-state index contributed by atoms with van der Waals surface area (Å²) in [6, 6.07) is 16.3. The molecule has 12 heteroatoms. The van der Waals surface area contributed by atoms with Gasteiger partial charge in [-0.2, -0.15) is 13.2 Å². The first-order valence-electron chi connectivity index (χ1n) is 13.2. The number of alkyl halides is 3. The summed E-state index contributed by atoms with van der Waals surface area (Å²) in [5.41, 5.74) is -0.552. The van der Waals surface area contributed by atoms with Crippen LogP contribution < -0.4 is 29.1 Å². The number of methoxy groups -OCH3 is 2. The lowest BCUT2D eigenvalue weighted by Crippen LogP contribution is -2.58. The molecule has 3 heterocycles. The number of esters is 1. The summed E-state index contributed by atoms with van der Waals surface area (Å²) < 4.78 is 63.7. The zero-order chi connectivity index (χ0) is 30.5. The second kappa shape index (κ2) is 10.6. The maximum absolute atomic E-state index is 13.9. The fourth-order valence-electron chi connectivity index (χ4n) is 5.51. The number of fused-ring (bicyclic) bond motifs is 6. The van der Waals surface area contributed by atoms with E-state index in [9.17, 15) is 22.8 Å². The quantitative estimate of drug-likeness (QED) is 0.300. The molecule has 0 unspecified atom stereocenters. The number of carbonyl (C=O) groups is 1. The van der Waals surface area contributed by atoms with Crippen molar-refractivity contribution in [2.45, 2.75) is 31.5 Å². The van der Waals surface area contributed by atoms with Crippen molar-refractivity contribution in [3.05, 3.63) is 109 Å². The van der Waals surface area contributed by atoms with Gasteiger partial charge in [-0.3, -0.25) is 14.2 Å². The highest BCUT2D eigenvalue weighted by Gasteiger charge is 2.55. The Hall–Kier alpha value is -4.58. The lowest BCUT2D eigenvalue weighted by Gasteiger charge is -2.44. The number of thiazole rings is 1. The van der Waals surface area contributed by atoms with E-state index in [0.29, 0.717) is 37.5 Å². The van der Waals surface area contributed by atoms with E-state index in [1.54, 1.807) is 37.3 Å². The zero-order valence-electron chi connectivity index (χ0n) is 23.2. The van der Waals surface area contributed by atoms with Crippen LogP contribution in [-0.4, -0.2) is 30.5 Å². The van der Waals surface area contributed by atoms with Gasteiger partial charge in [-0.05, 0) is 55.0 Å². The van der Waals surface area contributed by atoms with Gasteiger partial charge >= 0.3 is 12.1 Å². The number of halogens is 3. The highest BCUT2D eigenvalue weighted by atomic mass is 32.1. The molecular formula is C31H25F3N2O6S. The van der Waals surface area contributed by atoms with E-state index in [2.05, 4.69) is 0 Å². The number of nitrogens with zero attached hydrogens (tertiary/aromatic N) is 2. The molecule has 3 aromatic carbocycles. The molecule has 0 N–H and O–H groups in total. The molecule has 0 aliphatic carbocycles. The highest BCUT2D eigenvalue weighted by Crippen LogP contribution is 2.47. The van der Waals surface area contributed by atoms with Gasteiger partial charge in [0.05, 0.1) is 30.4 Å². The largest absolute Gasteiger partial charge is 0.496 e. The van der Waals surface area contributed by atoms with Crippen LogP contribution in [0.2, 0.25) is 0 Å². The fourth-order valence-corrected chi connectivity index (χ4v) is 6.61. The first-order valence-corrected chi connectivity index (χ1v) is 14.0. The summed E-state index contributed by atoms with van der Waals surface area (Å²) in [4.78, 5) is 32.0. The van der Waals surface area contributed by atoms with Crippen molar-refractivity contribution in [2.24, 2.45) is 10.9 Å². The third-order valence-corrected chi connectivity index (χ3v) is 8.48. The second-order valence-corrected chi connectivity index (χ2v) is 11.2. The second-order valence-electron chi connectivity index (χ2n) is 10.2. The highest BCUT2D eigenvalue weighted by molar-refractivity contribution is 7.07. The molecule has 2 bridgehead atoms. The van der Waals surface area contributed by atoms with Gasteiger partial charge in [0.15, 0.2) is 4.80 Å². The van der Waals surface area contributed by atoms with Gasteiger partial charge in [0, 0.05) is 11.1 Å². The maximum atomic E-state index is 13.9. The minimum absolute atomic E-state index is 0.0549.